The summed E-state index contributed by atoms with van der Waals surface area (Å²) in [5, 5.41) is 0. The lowest BCUT2D eigenvalue weighted by molar-refractivity contribution is -0.131. The Bertz CT molecular complexity index is 163. The van der Waals surface area contributed by atoms with E-state index in [-0.39, 0.29) is 25.0 Å². The molecule has 2 N–H and O–H groups in total. The van der Waals surface area contributed by atoms with Gasteiger partial charge >= 0.3 is 0 Å². The number of alkyl halides is 1. The number of rotatable bonds is 2. The van der Waals surface area contributed by atoms with Gasteiger partial charge < -0.3 is 10.6 Å². The van der Waals surface area contributed by atoms with Crippen LogP contribution in [0.2, 0.25) is 0 Å². The molecule has 0 saturated carbocycles. The summed E-state index contributed by atoms with van der Waals surface area (Å²) < 4.78 is 12.3. The topological polar surface area (TPSA) is 46.3 Å². The van der Waals surface area contributed by atoms with E-state index in [9.17, 15) is 9.18 Å². The summed E-state index contributed by atoms with van der Waals surface area (Å²) in [5.74, 6) is -0.0256. The first kappa shape index (κ1) is 9.45. The number of carbonyl (C=O) groups excluding carboxylic acids is 1. The highest BCUT2D eigenvalue weighted by Crippen LogP contribution is 2.16. The molecule has 4 heteroatoms. The van der Waals surface area contributed by atoms with Gasteiger partial charge in [-0.1, -0.05) is 0 Å². The van der Waals surface area contributed by atoms with Gasteiger partial charge in [0.25, 0.3) is 0 Å². The summed E-state index contributed by atoms with van der Waals surface area (Å²) in [4.78, 5) is 12.8. The molecule has 1 heterocycles. The molecule has 0 aromatic heterocycles. The first-order valence-electron chi connectivity index (χ1n) is 4.31. The Hall–Kier alpha value is -0.640. The minimum absolute atomic E-state index is 0.0363. The molecule has 0 unspecified atom stereocenters. The van der Waals surface area contributed by atoms with Crippen LogP contribution in [-0.4, -0.2) is 37.1 Å². The van der Waals surface area contributed by atoms with Gasteiger partial charge in [-0.2, -0.15) is 0 Å². The van der Waals surface area contributed by atoms with Crippen LogP contribution in [0.15, 0.2) is 0 Å². The van der Waals surface area contributed by atoms with Crippen molar-refractivity contribution < 1.29 is 9.18 Å². The van der Waals surface area contributed by atoms with E-state index in [1.54, 1.807) is 4.90 Å². The summed E-state index contributed by atoms with van der Waals surface area (Å²) >= 11 is 0. The molecule has 12 heavy (non-hydrogen) atoms. The minimum atomic E-state index is -0.325. The highest BCUT2D eigenvalue weighted by molar-refractivity contribution is 5.78. The van der Waals surface area contributed by atoms with Crippen LogP contribution in [0.1, 0.15) is 12.8 Å². The normalized spacial score (nSPS) is 24.2. The van der Waals surface area contributed by atoms with Crippen LogP contribution < -0.4 is 5.73 Å². The molecule has 0 aromatic carbocycles. The Kier molecular flexibility index (Phi) is 3.47. The van der Waals surface area contributed by atoms with E-state index in [2.05, 4.69) is 0 Å². The van der Waals surface area contributed by atoms with E-state index in [1.165, 1.54) is 0 Å². The van der Waals surface area contributed by atoms with Crippen molar-refractivity contribution in [1.82, 2.24) is 4.90 Å². The van der Waals surface area contributed by atoms with Gasteiger partial charge in [0.1, 0.15) is 0 Å². The molecule has 1 aliphatic heterocycles. The number of carbonyl (C=O) groups is 1. The van der Waals surface area contributed by atoms with E-state index in [0.29, 0.717) is 6.54 Å². The monoisotopic (exact) mass is 174 g/mol. The van der Waals surface area contributed by atoms with Gasteiger partial charge in [-0.05, 0) is 12.8 Å². The average molecular weight is 174 g/mol. The fraction of sp³-hybridized carbons (Fsp3) is 0.875. The van der Waals surface area contributed by atoms with Gasteiger partial charge in [0.2, 0.25) is 5.91 Å². The second-order valence-corrected chi connectivity index (χ2v) is 3.21. The molecular weight excluding hydrogens is 159 g/mol. The van der Waals surface area contributed by atoms with Crippen LogP contribution in [0.5, 0.6) is 0 Å². The number of hydrogen-bond acceptors (Lipinski definition) is 2. The lowest BCUT2D eigenvalue weighted by atomic mass is 9.99. The summed E-state index contributed by atoms with van der Waals surface area (Å²) in [6.07, 6.45) is 1.80. The molecule has 0 radical (unpaired) electrons. The van der Waals surface area contributed by atoms with Crippen molar-refractivity contribution in [3.05, 3.63) is 0 Å². The first-order valence-corrected chi connectivity index (χ1v) is 4.31. The van der Waals surface area contributed by atoms with E-state index in [4.69, 9.17) is 5.73 Å². The number of likely N-dealkylation sites (tertiary alicyclic amines) is 1. The molecule has 0 aliphatic carbocycles. The molecule has 1 aliphatic rings. The summed E-state index contributed by atoms with van der Waals surface area (Å²) in [6, 6.07) is 0. The van der Waals surface area contributed by atoms with Crippen molar-refractivity contribution in [1.29, 1.82) is 0 Å². The van der Waals surface area contributed by atoms with Crippen molar-refractivity contribution >= 4 is 5.91 Å². The van der Waals surface area contributed by atoms with Crippen LogP contribution in [0, 0.1) is 5.92 Å². The van der Waals surface area contributed by atoms with Crippen LogP contribution in [-0.2, 0) is 4.79 Å². The lowest BCUT2D eigenvalue weighted by Gasteiger charge is -2.31. The zero-order chi connectivity index (χ0) is 8.97. The third-order valence-electron chi connectivity index (χ3n) is 2.26. The average Bonchev–Trinajstić information content (AvgIpc) is 2.17. The van der Waals surface area contributed by atoms with Gasteiger partial charge in [0.05, 0.1) is 13.2 Å². The fourth-order valence-corrected chi connectivity index (χ4v) is 1.55. The molecule has 3 nitrogen and oxygen atoms in total. The lowest BCUT2D eigenvalue weighted by Crippen LogP contribution is -2.43. The highest BCUT2D eigenvalue weighted by atomic mass is 19.1. The van der Waals surface area contributed by atoms with Gasteiger partial charge in [-0.3, -0.25) is 9.18 Å². The Morgan fingerprint density at radius 3 is 3.00 bits per heavy atom. The van der Waals surface area contributed by atoms with Gasteiger partial charge in [-0.15, -0.1) is 0 Å². The van der Waals surface area contributed by atoms with E-state index >= 15 is 0 Å². The largest absolute Gasteiger partial charge is 0.341 e. The zero-order valence-corrected chi connectivity index (χ0v) is 7.13. The molecule has 1 atom stereocenters. The standard InChI is InChI=1S/C8H15FN2O/c9-4-7-2-1-3-11(6-7)8(12)5-10/h7H,1-6,10H2/t7-/m0/s1. The number of nitrogens with zero attached hydrogens (tertiary/aromatic N) is 1. The molecule has 0 bridgehead atoms. The predicted octanol–water partition coefficient (Wildman–Crippen LogP) is 0.153. The first-order chi connectivity index (χ1) is 5.77. The Morgan fingerprint density at radius 1 is 1.67 bits per heavy atom. The number of halogens is 1. The molecule has 70 valence electrons. The Balaban J connectivity index is 2.40. The molecule has 0 aromatic rings. The maximum Gasteiger partial charge on any atom is 0.236 e. The predicted molar refractivity (Wildman–Crippen MR) is 44.3 cm³/mol. The van der Waals surface area contributed by atoms with Gasteiger partial charge in [-0.25, -0.2) is 0 Å². The molecule has 1 amide bonds. The van der Waals surface area contributed by atoms with Crippen molar-refractivity contribution in [2.75, 3.05) is 26.3 Å². The Morgan fingerprint density at radius 2 is 2.42 bits per heavy atom. The molecular formula is C8H15FN2O. The highest BCUT2D eigenvalue weighted by Gasteiger charge is 2.22. The maximum atomic E-state index is 12.3. The molecule has 1 rings (SSSR count). The van der Waals surface area contributed by atoms with Crippen LogP contribution in [0.25, 0.3) is 0 Å². The summed E-state index contributed by atoms with van der Waals surface area (Å²) in [6.45, 7) is 1.01. The molecule has 1 fully saturated rings. The number of amides is 1. The smallest absolute Gasteiger partial charge is 0.236 e. The third kappa shape index (κ3) is 2.17. The van der Waals surface area contributed by atoms with Gasteiger partial charge in [0.15, 0.2) is 0 Å². The van der Waals surface area contributed by atoms with Gasteiger partial charge in [0, 0.05) is 19.0 Å². The van der Waals surface area contributed by atoms with Crippen LogP contribution >= 0.6 is 0 Å². The number of hydrogen-bond donors (Lipinski definition) is 1. The molecule has 1 saturated heterocycles. The minimum Gasteiger partial charge on any atom is -0.341 e. The van der Waals surface area contributed by atoms with Crippen molar-refractivity contribution in [3.8, 4) is 0 Å². The van der Waals surface area contributed by atoms with Crippen molar-refractivity contribution in [3.63, 3.8) is 0 Å². The van der Waals surface area contributed by atoms with E-state index < -0.39 is 0 Å². The third-order valence-corrected chi connectivity index (χ3v) is 2.26. The van der Waals surface area contributed by atoms with E-state index in [0.717, 1.165) is 19.4 Å². The fourth-order valence-electron chi connectivity index (χ4n) is 1.55. The van der Waals surface area contributed by atoms with Crippen LogP contribution in [0.3, 0.4) is 0 Å². The quantitative estimate of drug-likeness (QED) is 0.648. The summed E-state index contributed by atoms with van der Waals surface area (Å²) in [7, 11) is 0. The SMILES string of the molecule is NCC(=O)N1CCC[C@@H](CF)C1. The Labute approximate surface area is 71.7 Å². The zero-order valence-electron chi connectivity index (χ0n) is 7.13. The molecule has 0 spiro atoms. The second kappa shape index (κ2) is 4.40. The summed E-state index contributed by atoms with van der Waals surface area (Å²) in [5.41, 5.74) is 5.20. The maximum absolute atomic E-state index is 12.3. The van der Waals surface area contributed by atoms with Crippen LogP contribution in [0.4, 0.5) is 4.39 Å². The number of nitrogens with two attached hydrogens (primary N) is 1. The van der Waals surface area contributed by atoms with E-state index in [1.807, 2.05) is 0 Å². The number of piperidine rings is 1. The van der Waals surface area contributed by atoms with Crippen molar-refractivity contribution in [2.45, 2.75) is 12.8 Å². The second-order valence-electron chi connectivity index (χ2n) is 3.21. The van der Waals surface area contributed by atoms with Crippen molar-refractivity contribution in [2.24, 2.45) is 11.7 Å².